The van der Waals surface area contributed by atoms with Crippen molar-refractivity contribution in [2.75, 3.05) is 6.54 Å². The highest BCUT2D eigenvalue weighted by Gasteiger charge is 2.29. The van der Waals surface area contributed by atoms with E-state index in [9.17, 15) is 0 Å². The van der Waals surface area contributed by atoms with E-state index in [4.69, 9.17) is 10.2 Å². The molecule has 90 valence electrons. The lowest BCUT2D eigenvalue weighted by Gasteiger charge is -2.27. The molecule has 17 heavy (non-hydrogen) atoms. The summed E-state index contributed by atoms with van der Waals surface area (Å²) in [6, 6.07) is 3.79. The van der Waals surface area contributed by atoms with Gasteiger partial charge in [0.2, 0.25) is 0 Å². The maximum atomic E-state index is 5.84. The number of hydrogen-bond acceptors (Lipinski definition) is 4. The summed E-state index contributed by atoms with van der Waals surface area (Å²) in [5, 5.41) is 0. The van der Waals surface area contributed by atoms with Gasteiger partial charge in [0.05, 0.1) is 0 Å². The Morgan fingerprint density at radius 1 is 1.35 bits per heavy atom. The minimum absolute atomic E-state index is 0.378. The minimum Gasteiger partial charge on any atom is -0.439 e. The van der Waals surface area contributed by atoms with E-state index < -0.39 is 0 Å². The van der Waals surface area contributed by atoms with Crippen molar-refractivity contribution in [1.29, 1.82) is 0 Å². The summed E-state index contributed by atoms with van der Waals surface area (Å²) in [5.41, 5.74) is 7.33. The Balaban J connectivity index is 1.96. The summed E-state index contributed by atoms with van der Waals surface area (Å²) in [4.78, 5) is 8.71. The number of aromatic nitrogens is 2. The summed E-state index contributed by atoms with van der Waals surface area (Å²) in [5.74, 6) is 1.72. The van der Waals surface area contributed by atoms with Crippen molar-refractivity contribution in [1.82, 2.24) is 9.97 Å². The molecule has 1 fully saturated rings. The van der Waals surface area contributed by atoms with Crippen LogP contribution in [0.2, 0.25) is 0 Å². The van der Waals surface area contributed by atoms with Gasteiger partial charge in [-0.3, -0.25) is 0 Å². The van der Waals surface area contributed by atoms with Crippen LogP contribution in [0.1, 0.15) is 37.5 Å². The molecule has 3 rings (SSSR count). The molecular weight excluding hydrogens is 214 g/mol. The summed E-state index contributed by atoms with van der Waals surface area (Å²) >= 11 is 0. The molecule has 0 bridgehead atoms. The minimum atomic E-state index is 0.378. The van der Waals surface area contributed by atoms with Crippen molar-refractivity contribution in [3.05, 3.63) is 24.2 Å². The molecule has 0 amide bonds. The van der Waals surface area contributed by atoms with Crippen molar-refractivity contribution in [3.8, 4) is 0 Å². The van der Waals surface area contributed by atoms with Gasteiger partial charge in [-0.2, -0.15) is 4.98 Å². The third-order valence-corrected chi connectivity index (χ3v) is 3.71. The van der Waals surface area contributed by atoms with Crippen LogP contribution in [0.5, 0.6) is 0 Å². The molecule has 4 heteroatoms. The van der Waals surface area contributed by atoms with Crippen LogP contribution in [0.4, 0.5) is 0 Å². The van der Waals surface area contributed by atoms with Crippen LogP contribution in [0.25, 0.3) is 11.2 Å². The van der Waals surface area contributed by atoms with E-state index in [1.165, 1.54) is 19.3 Å². The van der Waals surface area contributed by atoms with E-state index in [2.05, 4.69) is 9.97 Å². The quantitative estimate of drug-likeness (QED) is 0.862. The molecule has 2 atom stereocenters. The zero-order valence-corrected chi connectivity index (χ0v) is 9.80. The third-order valence-electron chi connectivity index (χ3n) is 3.71. The molecule has 2 aromatic rings. The molecule has 2 aromatic heterocycles. The maximum Gasteiger partial charge on any atom is 0.200 e. The average Bonchev–Trinajstić information content (AvgIpc) is 2.82. The predicted molar refractivity (Wildman–Crippen MR) is 65.6 cm³/mol. The first-order valence-corrected chi connectivity index (χ1v) is 6.30. The Hall–Kier alpha value is -1.42. The smallest absolute Gasteiger partial charge is 0.200 e. The number of oxazole rings is 1. The molecule has 0 radical (unpaired) electrons. The fourth-order valence-corrected chi connectivity index (χ4v) is 2.76. The number of pyridine rings is 1. The molecule has 2 heterocycles. The van der Waals surface area contributed by atoms with E-state index in [-0.39, 0.29) is 0 Å². The third kappa shape index (κ3) is 1.93. The molecule has 0 aliphatic heterocycles. The lowest BCUT2D eigenvalue weighted by Crippen LogP contribution is -2.25. The van der Waals surface area contributed by atoms with Crippen molar-refractivity contribution in [2.24, 2.45) is 11.7 Å². The first-order valence-electron chi connectivity index (χ1n) is 6.30. The van der Waals surface area contributed by atoms with E-state index in [0.29, 0.717) is 17.5 Å². The topological polar surface area (TPSA) is 64.9 Å². The molecule has 1 aliphatic carbocycles. The Morgan fingerprint density at radius 2 is 2.24 bits per heavy atom. The molecule has 0 aromatic carbocycles. The number of nitrogens with two attached hydrogens (primary N) is 1. The fourth-order valence-electron chi connectivity index (χ4n) is 2.76. The second-order valence-corrected chi connectivity index (χ2v) is 4.76. The zero-order valence-electron chi connectivity index (χ0n) is 9.80. The Labute approximate surface area is 100 Å². The van der Waals surface area contributed by atoms with Gasteiger partial charge in [-0.25, -0.2) is 4.98 Å². The van der Waals surface area contributed by atoms with Crippen LogP contribution >= 0.6 is 0 Å². The van der Waals surface area contributed by atoms with Crippen molar-refractivity contribution >= 4 is 11.2 Å². The average molecular weight is 231 g/mol. The van der Waals surface area contributed by atoms with E-state index in [0.717, 1.165) is 24.4 Å². The van der Waals surface area contributed by atoms with Crippen molar-refractivity contribution in [3.63, 3.8) is 0 Å². The van der Waals surface area contributed by atoms with Crippen LogP contribution in [-0.2, 0) is 0 Å². The normalized spacial score (nSPS) is 25.2. The second kappa shape index (κ2) is 4.45. The lowest BCUT2D eigenvalue weighted by atomic mass is 9.79. The molecule has 1 aliphatic rings. The van der Waals surface area contributed by atoms with Gasteiger partial charge in [0.25, 0.3) is 0 Å². The van der Waals surface area contributed by atoms with Crippen LogP contribution in [0, 0.1) is 5.92 Å². The molecular formula is C13H17N3O. The van der Waals surface area contributed by atoms with Gasteiger partial charge in [0.1, 0.15) is 0 Å². The van der Waals surface area contributed by atoms with Gasteiger partial charge in [-0.05, 0) is 37.4 Å². The molecule has 0 saturated heterocycles. The highest BCUT2D eigenvalue weighted by Crippen LogP contribution is 2.37. The predicted octanol–water partition coefficient (Wildman–Crippen LogP) is 2.46. The molecule has 4 nitrogen and oxygen atoms in total. The maximum absolute atomic E-state index is 5.84. The lowest BCUT2D eigenvalue weighted by molar-refractivity contribution is 0.275. The Morgan fingerprint density at radius 3 is 3.06 bits per heavy atom. The highest BCUT2D eigenvalue weighted by atomic mass is 16.3. The monoisotopic (exact) mass is 231 g/mol. The molecule has 1 saturated carbocycles. The van der Waals surface area contributed by atoms with Gasteiger partial charge in [0, 0.05) is 12.1 Å². The van der Waals surface area contributed by atoms with E-state index >= 15 is 0 Å². The Kier molecular flexibility index (Phi) is 2.81. The van der Waals surface area contributed by atoms with Crippen molar-refractivity contribution in [2.45, 2.75) is 31.6 Å². The first kappa shape index (κ1) is 10.7. The number of hydrogen-bond donors (Lipinski definition) is 1. The van der Waals surface area contributed by atoms with Gasteiger partial charge >= 0.3 is 0 Å². The van der Waals surface area contributed by atoms with Gasteiger partial charge < -0.3 is 10.2 Å². The van der Waals surface area contributed by atoms with E-state index in [1.807, 2.05) is 12.1 Å². The Bertz CT molecular complexity index is 475. The summed E-state index contributed by atoms with van der Waals surface area (Å²) < 4.78 is 5.81. The number of nitrogens with zero attached hydrogens (tertiary/aromatic N) is 2. The van der Waals surface area contributed by atoms with Crippen LogP contribution in [0.3, 0.4) is 0 Å². The second-order valence-electron chi connectivity index (χ2n) is 4.76. The largest absolute Gasteiger partial charge is 0.439 e. The van der Waals surface area contributed by atoms with E-state index in [1.54, 1.807) is 6.20 Å². The van der Waals surface area contributed by atoms with Crippen LogP contribution in [0.15, 0.2) is 22.7 Å². The van der Waals surface area contributed by atoms with Gasteiger partial charge in [0.15, 0.2) is 17.1 Å². The fraction of sp³-hybridized carbons (Fsp3) is 0.538. The summed E-state index contributed by atoms with van der Waals surface area (Å²) in [6.07, 6.45) is 6.59. The standard InChI is InChI=1S/C13H17N3O/c14-8-9-4-1-2-5-10(9)13-16-12-11(17-13)6-3-7-15-12/h3,6-7,9-10H,1-2,4-5,8,14H2. The van der Waals surface area contributed by atoms with Gasteiger partial charge in [-0.15, -0.1) is 0 Å². The number of rotatable bonds is 2. The first-order chi connectivity index (χ1) is 8.38. The molecule has 0 spiro atoms. The zero-order chi connectivity index (χ0) is 11.7. The van der Waals surface area contributed by atoms with Gasteiger partial charge in [-0.1, -0.05) is 12.8 Å². The SMILES string of the molecule is NCC1CCCCC1c1nc2ncccc2o1. The molecule has 2 N–H and O–H groups in total. The molecule has 2 unspecified atom stereocenters. The highest BCUT2D eigenvalue weighted by molar-refractivity contribution is 5.67. The van der Waals surface area contributed by atoms with Crippen LogP contribution < -0.4 is 5.73 Å². The summed E-state index contributed by atoms with van der Waals surface area (Å²) in [6.45, 7) is 0.719. The van der Waals surface area contributed by atoms with Crippen molar-refractivity contribution < 1.29 is 4.42 Å². The number of fused-ring (bicyclic) bond motifs is 1. The van der Waals surface area contributed by atoms with Crippen LogP contribution in [-0.4, -0.2) is 16.5 Å². The summed E-state index contributed by atoms with van der Waals surface area (Å²) in [7, 11) is 0.